The monoisotopic (exact) mass is 351 g/mol. The number of hydrogen-bond acceptors (Lipinski definition) is 4. The van der Waals surface area contributed by atoms with E-state index >= 15 is 0 Å². The molecule has 2 rings (SSSR count). The molecule has 0 saturated heterocycles. The lowest BCUT2D eigenvalue weighted by Crippen LogP contribution is -2.15. The van der Waals surface area contributed by atoms with Gasteiger partial charge in [-0.2, -0.15) is 5.10 Å². The van der Waals surface area contributed by atoms with E-state index in [1.54, 1.807) is 17.8 Å². The van der Waals surface area contributed by atoms with Crippen molar-refractivity contribution in [2.75, 3.05) is 13.7 Å². The summed E-state index contributed by atoms with van der Waals surface area (Å²) in [7, 11) is 1.91. The van der Waals surface area contributed by atoms with Crippen molar-refractivity contribution in [2.24, 2.45) is 0 Å². The second-order valence-corrected chi connectivity index (χ2v) is 5.52. The minimum Gasteiger partial charge on any atom is -0.462 e. The van der Waals surface area contributed by atoms with Crippen LogP contribution in [0.25, 0.3) is 5.69 Å². The van der Waals surface area contributed by atoms with Crippen molar-refractivity contribution in [3.63, 3.8) is 0 Å². The summed E-state index contributed by atoms with van der Waals surface area (Å²) >= 11 is 3.47. The van der Waals surface area contributed by atoms with E-state index in [4.69, 9.17) is 4.74 Å². The van der Waals surface area contributed by atoms with Crippen molar-refractivity contribution < 1.29 is 9.53 Å². The first-order chi connectivity index (χ1) is 10.1. The normalized spacial score (nSPS) is 12.2. The molecule has 1 heterocycles. The summed E-state index contributed by atoms with van der Waals surface area (Å²) in [4.78, 5) is 11.7. The lowest BCUT2D eigenvalue weighted by atomic mass is 10.1. The van der Waals surface area contributed by atoms with E-state index in [2.05, 4.69) is 33.3 Å². The molecule has 2 aromatic rings. The molecule has 21 heavy (non-hydrogen) atoms. The number of ether oxygens (including phenoxy) is 1. The number of benzene rings is 1. The fourth-order valence-corrected chi connectivity index (χ4v) is 2.36. The van der Waals surface area contributed by atoms with Crippen molar-refractivity contribution in [2.45, 2.75) is 19.9 Å². The third-order valence-corrected chi connectivity index (χ3v) is 3.73. The van der Waals surface area contributed by atoms with Gasteiger partial charge in [0.2, 0.25) is 0 Å². The summed E-state index contributed by atoms with van der Waals surface area (Å²) < 4.78 is 7.64. The predicted molar refractivity (Wildman–Crippen MR) is 84.7 cm³/mol. The maximum Gasteiger partial charge on any atom is 0.341 e. The molecule has 1 unspecified atom stereocenters. The van der Waals surface area contributed by atoms with Crippen LogP contribution in [0.2, 0.25) is 0 Å². The van der Waals surface area contributed by atoms with Gasteiger partial charge in [0.05, 0.1) is 24.1 Å². The molecule has 0 fully saturated rings. The number of hydrogen-bond donors (Lipinski definition) is 1. The van der Waals surface area contributed by atoms with E-state index in [-0.39, 0.29) is 12.0 Å². The summed E-state index contributed by atoms with van der Waals surface area (Å²) in [5.74, 6) is -0.359. The Labute approximate surface area is 132 Å². The van der Waals surface area contributed by atoms with Crippen LogP contribution in [-0.2, 0) is 4.74 Å². The van der Waals surface area contributed by atoms with Crippen LogP contribution in [-0.4, -0.2) is 29.4 Å². The van der Waals surface area contributed by atoms with Gasteiger partial charge >= 0.3 is 5.97 Å². The van der Waals surface area contributed by atoms with E-state index < -0.39 is 0 Å². The minimum absolute atomic E-state index is 0.170. The number of carbonyl (C=O) groups is 1. The molecule has 1 atom stereocenters. The zero-order chi connectivity index (χ0) is 15.4. The van der Waals surface area contributed by atoms with Gasteiger partial charge in [0.15, 0.2) is 0 Å². The Bertz CT molecular complexity index is 640. The molecule has 1 N–H and O–H groups in total. The van der Waals surface area contributed by atoms with Crippen LogP contribution in [0.1, 0.15) is 35.8 Å². The molecule has 1 aromatic heterocycles. The summed E-state index contributed by atoms with van der Waals surface area (Å²) in [5.41, 5.74) is 2.46. The lowest BCUT2D eigenvalue weighted by molar-refractivity contribution is 0.0526. The van der Waals surface area contributed by atoms with E-state index in [0.717, 1.165) is 15.7 Å². The second-order valence-electron chi connectivity index (χ2n) is 4.61. The van der Waals surface area contributed by atoms with Gasteiger partial charge in [0, 0.05) is 16.7 Å². The Morgan fingerprint density at radius 3 is 2.95 bits per heavy atom. The number of rotatable bonds is 5. The van der Waals surface area contributed by atoms with Crippen LogP contribution in [0.3, 0.4) is 0 Å². The molecule has 0 bridgehead atoms. The zero-order valence-electron chi connectivity index (χ0n) is 12.3. The highest BCUT2D eigenvalue weighted by Crippen LogP contribution is 2.25. The number of aromatic nitrogens is 2. The average molecular weight is 352 g/mol. The lowest BCUT2D eigenvalue weighted by Gasteiger charge is -2.16. The van der Waals surface area contributed by atoms with Crippen molar-refractivity contribution in [3.8, 4) is 5.69 Å². The Balaban J connectivity index is 2.42. The number of nitrogens with one attached hydrogen (secondary N) is 1. The predicted octanol–water partition coefficient (Wildman–Crippen LogP) is 3.09. The Hall–Kier alpha value is -1.66. The van der Waals surface area contributed by atoms with E-state index in [1.165, 1.54) is 6.20 Å². The first-order valence-electron chi connectivity index (χ1n) is 6.75. The average Bonchev–Trinajstić information content (AvgIpc) is 2.96. The highest BCUT2D eigenvalue weighted by molar-refractivity contribution is 9.10. The minimum atomic E-state index is -0.359. The molecule has 0 aliphatic heterocycles. The van der Waals surface area contributed by atoms with Crippen LogP contribution in [0, 0.1) is 0 Å². The Morgan fingerprint density at radius 1 is 1.52 bits per heavy atom. The summed E-state index contributed by atoms with van der Waals surface area (Å²) in [6.07, 6.45) is 3.21. The van der Waals surface area contributed by atoms with Gasteiger partial charge in [-0.3, -0.25) is 0 Å². The molecule has 6 heteroatoms. The summed E-state index contributed by atoms with van der Waals surface area (Å²) in [6.45, 7) is 4.20. The molecule has 112 valence electrons. The summed E-state index contributed by atoms with van der Waals surface area (Å²) in [6, 6.07) is 6.17. The highest BCUT2D eigenvalue weighted by atomic mass is 79.9. The number of carbonyl (C=O) groups excluding carboxylic acids is 1. The molecule has 5 nitrogen and oxygen atoms in total. The van der Waals surface area contributed by atoms with Gasteiger partial charge in [0.25, 0.3) is 0 Å². The second kappa shape index (κ2) is 6.87. The van der Waals surface area contributed by atoms with Gasteiger partial charge in [0.1, 0.15) is 0 Å². The quantitative estimate of drug-likeness (QED) is 0.841. The first-order valence-corrected chi connectivity index (χ1v) is 7.55. The maximum absolute atomic E-state index is 11.7. The Morgan fingerprint density at radius 2 is 2.29 bits per heavy atom. The topological polar surface area (TPSA) is 56.1 Å². The molecule has 0 aliphatic carbocycles. The number of esters is 1. The van der Waals surface area contributed by atoms with Crippen molar-refractivity contribution in [1.82, 2.24) is 15.1 Å². The SMILES string of the molecule is CCOC(=O)c1cnn(-c2cc(Br)ccc2C(C)NC)c1. The van der Waals surface area contributed by atoms with Crippen LogP contribution in [0.5, 0.6) is 0 Å². The zero-order valence-corrected chi connectivity index (χ0v) is 13.8. The number of halogens is 1. The van der Waals surface area contributed by atoms with Gasteiger partial charge < -0.3 is 10.1 Å². The molecule has 0 aliphatic rings. The molecule has 0 spiro atoms. The molecule has 1 aromatic carbocycles. The van der Waals surface area contributed by atoms with Crippen molar-refractivity contribution in [1.29, 1.82) is 0 Å². The van der Waals surface area contributed by atoms with Crippen molar-refractivity contribution in [3.05, 3.63) is 46.2 Å². The van der Waals surface area contributed by atoms with Gasteiger partial charge in [-0.05, 0) is 38.6 Å². The molecular formula is C15H18BrN3O2. The maximum atomic E-state index is 11.7. The van der Waals surface area contributed by atoms with E-state index in [9.17, 15) is 4.79 Å². The third-order valence-electron chi connectivity index (χ3n) is 3.23. The van der Waals surface area contributed by atoms with Crippen LogP contribution in [0.15, 0.2) is 35.1 Å². The summed E-state index contributed by atoms with van der Waals surface area (Å²) in [5, 5.41) is 7.49. The molecule has 0 saturated carbocycles. The van der Waals surface area contributed by atoms with Gasteiger partial charge in [-0.15, -0.1) is 0 Å². The standard InChI is InChI=1S/C15H18BrN3O2/c1-4-21-15(20)11-8-18-19(9-11)14-7-12(16)5-6-13(14)10(2)17-3/h5-10,17H,4H2,1-3H3. The van der Waals surface area contributed by atoms with Crippen LogP contribution < -0.4 is 5.32 Å². The number of nitrogens with zero attached hydrogens (tertiary/aromatic N) is 2. The fraction of sp³-hybridized carbons (Fsp3) is 0.333. The van der Waals surface area contributed by atoms with Crippen LogP contribution in [0.4, 0.5) is 0 Å². The van der Waals surface area contributed by atoms with Gasteiger partial charge in [-0.25, -0.2) is 9.48 Å². The first kappa shape index (κ1) is 15.7. The smallest absolute Gasteiger partial charge is 0.341 e. The van der Waals surface area contributed by atoms with E-state index in [0.29, 0.717) is 12.2 Å². The highest BCUT2D eigenvalue weighted by Gasteiger charge is 2.15. The molecule has 0 radical (unpaired) electrons. The van der Waals surface area contributed by atoms with Gasteiger partial charge in [-0.1, -0.05) is 22.0 Å². The fourth-order valence-electron chi connectivity index (χ4n) is 2.01. The molecule has 0 amide bonds. The third kappa shape index (κ3) is 3.51. The largest absolute Gasteiger partial charge is 0.462 e. The Kier molecular flexibility index (Phi) is 5.14. The van der Waals surface area contributed by atoms with E-state index in [1.807, 2.05) is 25.2 Å². The van der Waals surface area contributed by atoms with Crippen molar-refractivity contribution >= 4 is 21.9 Å². The molecular weight excluding hydrogens is 334 g/mol. The van der Waals surface area contributed by atoms with Crippen LogP contribution >= 0.6 is 15.9 Å².